The van der Waals surface area contributed by atoms with Crippen LogP contribution in [0.5, 0.6) is 0 Å². The summed E-state index contributed by atoms with van der Waals surface area (Å²) in [6, 6.07) is 0. The van der Waals surface area contributed by atoms with Crippen LogP contribution in [0, 0.1) is 0 Å². The second-order valence-electron chi connectivity index (χ2n) is 1.92. The fourth-order valence-corrected chi connectivity index (χ4v) is 1.41. The van der Waals surface area contributed by atoms with Gasteiger partial charge in [-0.25, -0.2) is 8.78 Å². The van der Waals surface area contributed by atoms with E-state index in [9.17, 15) is 26.0 Å². The zero-order valence-electron chi connectivity index (χ0n) is 4.85. The van der Waals surface area contributed by atoms with Crippen molar-refractivity contribution in [3.05, 3.63) is 0 Å². The van der Waals surface area contributed by atoms with Crippen molar-refractivity contribution in [2.24, 2.45) is 0 Å². The summed E-state index contributed by atoms with van der Waals surface area (Å²) in [7, 11) is -5.07. The largest absolute Gasteiger partial charge is 0.423 e. The average Bonchev–Trinajstić information content (AvgIpc) is 1.83. The monoisotopic (exact) mass is 194 g/mol. The summed E-state index contributed by atoms with van der Waals surface area (Å²) in [5, 5.41) is -4.19. The maximum Gasteiger partial charge on any atom is 0.423 e. The minimum Gasteiger partial charge on any atom is -0.246 e. The summed E-state index contributed by atoms with van der Waals surface area (Å²) in [5.74, 6) is 0. The molecule has 0 spiro atoms. The highest BCUT2D eigenvalue weighted by atomic mass is 32.2. The number of alkyl halides is 4. The molecule has 0 amide bonds. The number of rotatable bonds is 1. The van der Waals surface area contributed by atoms with Gasteiger partial charge in [-0.1, -0.05) is 0 Å². The van der Waals surface area contributed by atoms with Gasteiger partial charge < -0.3 is 0 Å². The van der Waals surface area contributed by atoms with Gasteiger partial charge in [-0.3, -0.25) is 0 Å². The van der Waals surface area contributed by atoms with E-state index in [0.717, 1.165) is 0 Å². The van der Waals surface area contributed by atoms with Crippen molar-refractivity contribution < 1.29 is 30.2 Å². The third kappa shape index (κ3) is 0.791. The van der Waals surface area contributed by atoms with Gasteiger partial charge in [0, 0.05) is 0 Å². The smallest absolute Gasteiger partial charge is 0.246 e. The van der Waals surface area contributed by atoms with E-state index in [1.54, 1.807) is 0 Å². The lowest BCUT2D eigenvalue weighted by molar-refractivity contribution is -0.278. The molecule has 0 radical (unpaired) electrons. The van der Waals surface area contributed by atoms with E-state index < -0.39 is 27.9 Å². The molecule has 1 heterocycles. The van der Waals surface area contributed by atoms with Crippen molar-refractivity contribution >= 4 is 10.1 Å². The molecule has 0 saturated carbocycles. The molecule has 3 nitrogen and oxygen atoms in total. The third-order valence-electron chi connectivity index (χ3n) is 1.22. The minimum absolute atomic E-state index is 2.32. The maximum absolute atomic E-state index is 12.4. The zero-order valence-corrected chi connectivity index (χ0v) is 5.67. The Bertz CT molecular complexity index is 272. The molecular formula is C3H2F4O3S. The average molecular weight is 194 g/mol. The highest BCUT2D eigenvalue weighted by molar-refractivity contribution is 7.89. The number of hydrogen-bond acceptors (Lipinski definition) is 3. The van der Waals surface area contributed by atoms with Gasteiger partial charge in [0.1, 0.15) is 6.67 Å². The lowest BCUT2D eigenvalue weighted by Gasteiger charge is -2.37. The minimum atomic E-state index is -5.07. The molecule has 11 heavy (non-hydrogen) atoms. The van der Waals surface area contributed by atoms with Crippen LogP contribution in [0.15, 0.2) is 0 Å². The second-order valence-corrected chi connectivity index (χ2v) is 3.64. The van der Waals surface area contributed by atoms with Gasteiger partial charge in [0.2, 0.25) is 0 Å². The van der Waals surface area contributed by atoms with Crippen LogP contribution >= 0.6 is 0 Å². The van der Waals surface area contributed by atoms with Crippen LogP contribution in [0.25, 0.3) is 0 Å². The zero-order chi connectivity index (χ0) is 8.91. The van der Waals surface area contributed by atoms with E-state index in [-0.39, 0.29) is 0 Å². The number of halogens is 4. The molecule has 66 valence electrons. The molecule has 1 aliphatic heterocycles. The Morgan fingerprint density at radius 1 is 1.27 bits per heavy atom. The topological polar surface area (TPSA) is 43.4 Å². The van der Waals surface area contributed by atoms with Crippen LogP contribution < -0.4 is 0 Å². The molecule has 0 aliphatic carbocycles. The molecule has 1 aliphatic rings. The first-order valence-corrected chi connectivity index (χ1v) is 3.75. The maximum atomic E-state index is 12.4. The molecule has 0 aromatic rings. The van der Waals surface area contributed by atoms with E-state index in [4.69, 9.17) is 0 Å². The predicted octanol–water partition coefficient (Wildman–Crippen LogP) is 0.575. The van der Waals surface area contributed by atoms with Crippen LogP contribution in [-0.4, -0.2) is 26.2 Å². The summed E-state index contributed by atoms with van der Waals surface area (Å²) in [5.41, 5.74) is 0. The van der Waals surface area contributed by atoms with Crippen molar-refractivity contribution in [1.82, 2.24) is 0 Å². The first-order chi connectivity index (χ1) is 4.77. The van der Waals surface area contributed by atoms with Crippen LogP contribution in [-0.2, 0) is 14.3 Å². The molecule has 1 fully saturated rings. The predicted molar refractivity (Wildman–Crippen MR) is 24.8 cm³/mol. The van der Waals surface area contributed by atoms with Gasteiger partial charge in [0.25, 0.3) is 0 Å². The quantitative estimate of drug-likeness (QED) is 0.452. The van der Waals surface area contributed by atoms with Crippen LogP contribution in [0.1, 0.15) is 0 Å². The highest BCUT2D eigenvalue weighted by Crippen LogP contribution is 2.50. The standard InChI is InChI=1S/C3H2F4O3S/c4-1-2(5)3(6,7)10-11(2,8)9/h1H2. The van der Waals surface area contributed by atoms with E-state index in [1.165, 1.54) is 0 Å². The summed E-state index contributed by atoms with van der Waals surface area (Å²) in [4.78, 5) is 0. The molecule has 0 N–H and O–H groups in total. The molecule has 1 rings (SSSR count). The molecule has 0 aromatic heterocycles. The molecule has 1 atom stereocenters. The lowest BCUT2D eigenvalue weighted by atomic mass is 10.4. The van der Waals surface area contributed by atoms with Crippen molar-refractivity contribution in [3.8, 4) is 0 Å². The number of hydrogen-bond donors (Lipinski definition) is 0. The van der Waals surface area contributed by atoms with E-state index in [1.807, 2.05) is 0 Å². The Hall–Kier alpha value is -0.370. The van der Waals surface area contributed by atoms with Gasteiger partial charge in [-0.05, 0) is 0 Å². The summed E-state index contributed by atoms with van der Waals surface area (Å²) in [6.45, 7) is -2.32. The fourth-order valence-electron chi connectivity index (χ4n) is 0.522. The van der Waals surface area contributed by atoms with Gasteiger partial charge in [-0.15, -0.1) is 0 Å². The first-order valence-electron chi connectivity index (χ1n) is 2.35. The Balaban J connectivity index is 3.08. The van der Waals surface area contributed by atoms with Gasteiger partial charge in [0.15, 0.2) is 0 Å². The van der Waals surface area contributed by atoms with Crippen LogP contribution in [0.4, 0.5) is 17.6 Å². The van der Waals surface area contributed by atoms with Crippen LogP contribution in [0.3, 0.4) is 0 Å². The Kier molecular flexibility index (Phi) is 1.48. The normalized spacial score (nSPS) is 39.6. The Morgan fingerprint density at radius 2 is 1.73 bits per heavy atom. The van der Waals surface area contributed by atoms with Gasteiger partial charge >= 0.3 is 21.2 Å². The molecule has 0 bridgehead atoms. The van der Waals surface area contributed by atoms with Crippen molar-refractivity contribution in [2.75, 3.05) is 6.67 Å². The Labute approximate surface area is 59.1 Å². The van der Waals surface area contributed by atoms with E-state index in [0.29, 0.717) is 0 Å². The van der Waals surface area contributed by atoms with Gasteiger partial charge in [-0.2, -0.15) is 21.4 Å². The summed E-state index contributed by atoms with van der Waals surface area (Å²) in [6.07, 6.45) is -4.57. The SMILES string of the molecule is O=S1(=O)OC(F)(F)C1(F)CF. The van der Waals surface area contributed by atoms with Gasteiger partial charge in [0.05, 0.1) is 0 Å². The third-order valence-corrected chi connectivity index (χ3v) is 2.79. The van der Waals surface area contributed by atoms with E-state index >= 15 is 0 Å². The molecule has 0 aromatic carbocycles. The summed E-state index contributed by atoms with van der Waals surface area (Å²) < 4.78 is 70.6. The van der Waals surface area contributed by atoms with E-state index in [2.05, 4.69) is 4.18 Å². The molecule has 8 heteroatoms. The van der Waals surface area contributed by atoms with Crippen molar-refractivity contribution in [2.45, 2.75) is 11.1 Å². The molecule has 1 saturated heterocycles. The first kappa shape index (κ1) is 8.72. The second kappa shape index (κ2) is 1.86. The van der Waals surface area contributed by atoms with Crippen molar-refractivity contribution in [3.63, 3.8) is 0 Å². The Morgan fingerprint density at radius 3 is 1.82 bits per heavy atom. The molecular weight excluding hydrogens is 192 g/mol. The van der Waals surface area contributed by atoms with Crippen molar-refractivity contribution in [1.29, 1.82) is 0 Å². The summed E-state index contributed by atoms with van der Waals surface area (Å²) >= 11 is 0. The lowest BCUT2D eigenvalue weighted by Crippen LogP contribution is -2.65. The molecule has 1 unspecified atom stereocenters. The fraction of sp³-hybridized carbons (Fsp3) is 1.00. The highest BCUT2D eigenvalue weighted by Gasteiger charge is 2.79. The van der Waals surface area contributed by atoms with Crippen LogP contribution in [0.2, 0.25) is 0 Å².